The molecule has 0 unspecified atom stereocenters. The quantitative estimate of drug-likeness (QED) is 0.491. The van der Waals surface area contributed by atoms with Gasteiger partial charge < -0.3 is 14.0 Å². The molecule has 0 aliphatic rings. The van der Waals surface area contributed by atoms with Crippen LogP contribution < -0.4 is 13.4 Å². The second-order valence-corrected chi connectivity index (χ2v) is 8.15. The Morgan fingerprint density at radius 2 is 1.57 bits per heavy atom. The average molecular weight is 406 g/mol. The van der Waals surface area contributed by atoms with Gasteiger partial charge in [-0.05, 0) is 30.3 Å². The fraction of sp³-hybridized carbons (Fsp3) is 0.222. The van der Waals surface area contributed by atoms with Gasteiger partial charge in [0.2, 0.25) is 5.82 Å². The van der Waals surface area contributed by atoms with Gasteiger partial charge in [-0.25, -0.2) is 4.55 Å². The number of benzene rings is 2. The highest BCUT2D eigenvalue weighted by molar-refractivity contribution is 7.85. The Bertz CT molecular complexity index is 1090. The molecule has 9 nitrogen and oxygen atoms in total. The highest BCUT2D eigenvalue weighted by atomic mass is 32.2. The third-order valence-corrected chi connectivity index (χ3v) is 5.75. The first-order valence-corrected chi connectivity index (χ1v) is 9.56. The summed E-state index contributed by atoms with van der Waals surface area (Å²) >= 11 is 0. The molecule has 0 bridgehead atoms. The Morgan fingerprint density at radius 1 is 0.964 bits per heavy atom. The molecule has 2 aromatic carbocycles. The molecule has 0 saturated carbocycles. The van der Waals surface area contributed by atoms with Crippen LogP contribution in [0.1, 0.15) is 0 Å². The number of ether oxygens (including phenoxy) is 2. The standard InChI is InChI=1S/C18H19N3O6S/c1-21(2,28(22,23)24)14-8-5-12(6-9-14)17-19-18(27-20-17)13-7-10-15(25-3)16(11-13)26-4/h5-11H,1-4H3/p+1. The molecule has 0 atom stereocenters. The van der Waals surface area contributed by atoms with E-state index in [1.165, 1.54) is 21.2 Å². The Balaban J connectivity index is 1.91. The van der Waals surface area contributed by atoms with Crippen molar-refractivity contribution in [3.63, 3.8) is 0 Å². The van der Waals surface area contributed by atoms with E-state index < -0.39 is 14.2 Å². The summed E-state index contributed by atoms with van der Waals surface area (Å²) in [5.74, 6) is 1.76. The van der Waals surface area contributed by atoms with Crippen LogP contribution in [-0.2, 0) is 10.3 Å². The van der Waals surface area contributed by atoms with Crippen molar-refractivity contribution in [3.05, 3.63) is 42.5 Å². The summed E-state index contributed by atoms with van der Waals surface area (Å²) < 4.78 is 47.6. The smallest absolute Gasteiger partial charge is 0.437 e. The van der Waals surface area contributed by atoms with Gasteiger partial charge in [0.05, 0.1) is 28.3 Å². The minimum Gasteiger partial charge on any atom is -0.493 e. The van der Waals surface area contributed by atoms with E-state index in [9.17, 15) is 13.0 Å². The fourth-order valence-electron chi connectivity index (χ4n) is 2.53. The second-order valence-electron chi connectivity index (χ2n) is 6.34. The van der Waals surface area contributed by atoms with E-state index in [1.807, 2.05) is 0 Å². The van der Waals surface area contributed by atoms with Gasteiger partial charge in [-0.15, -0.1) is 8.42 Å². The van der Waals surface area contributed by atoms with Gasteiger partial charge in [-0.1, -0.05) is 5.16 Å². The maximum atomic E-state index is 11.5. The average Bonchev–Trinajstić information content (AvgIpc) is 3.16. The van der Waals surface area contributed by atoms with Crippen LogP contribution >= 0.6 is 0 Å². The van der Waals surface area contributed by atoms with Crippen molar-refractivity contribution in [3.8, 4) is 34.3 Å². The van der Waals surface area contributed by atoms with Gasteiger partial charge in [-0.3, -0.25) is 0 Å². The zero-order chi connectivity index (χ0) is 20.5. The number of aromatic nitrogens is 2. The van der Waals surface area contributed by atoms with E-state index >= 15 is 0 Å². The zero-order valence-corrected chi connectivity index (χ0v) is 16.6. The predicted molar refractivity (Wildman–Crippen MR) is 103 cm³/mol. The van der Waals surface area contributed by atoms with Gasteiger partial charge in [0, 0.05) is 23.3 Å². The zero-order valence-electron chi connectivity index (χ0n) is 15.8. The van der Waals surface area contributed by atoms with Gasteiger partial charge in [0.25, 0.3) is 5.89 Å². The van der Waals surface area contributed by atoms with Gasteiger partial charge >= 0.3 is 10.3 Å². The summed E-state index contributed by atoms with van der Waals surface area (Å²) in [7, 11) is 1.51. The molecule has 3 aromatic rings. The first-order chi connectivity index (χ1) is 13.2. The molecule has 1 aromatic heterocycles. The Morgan fingerprint density at radius 3 is 2.14 bits per heavy atom. The van der Waals surface area contributed by atoms with Crippen LogP contribution in [0, 0.1) is 0 Å². The van der Waals surface area contributed by atoms with Crippen molar-refractivity contribution in [2.45, 2.75) is 0 Å². The lowest BCUT2D eigenvalue weighted by molar-refractivity contribution is 0.355. The summed E-state index contributed by atoms with van der Waals surface area (Å²) in [5, 5.41) is 3.97. The maximum Gasteiger partial charge on any atom is 0.437 e. The lowest BCUT2D eigenvalue weighted by Crippen LogP contribution is -2.45. The normalized spacial score (nSPS) is 12.0. The van der Waals surface area contributed by atoms with E-state index in [0.29, 0.717) is 40.0 Å². The van der Waals surface area contributed by atoms with Crippen molar-refractivity contribution in [1.82, 2.24) is 14.0 Å². The highest BCUT2D eigenvalue weighted by Crippen LogP contribution is 2.32. The van der Waals surface area contributed by atoms with Gasteiger partial charge in [-0.2, -0.15) is 8.87 Å². The van der Waals surface area contributed by atoms with Crippen LogP contribution in [0.4, 0.5) is 5.69 Å². The van der Waals surface area contributed by atoms with Gasteiger partial charge in [0.1, 0.15) is 5.69 Å². The van der Waals surface area contributed by atoms with E-state index in [1.54, 1.807) is 49.6 Å². The number of rotatable bonds is 6. The Labute approximate surface area is 162 Å². The summed E-state index contributed by atoms with van der Waals surface area (Å²) in [6.07, 6.45) is 0. The predicted octanol–water partition coefficient (Wildman–Crippen LogP) is 2.79. The SMILES string of the molecule is COc1ccc(-c2nc(-c3ccc([N+](C)(C)S(=O)(=O)O)cc3)no2)cc1OC. The molecular weight excluding hydrogens is 386 g/mol. The largest absolute Gasteiger partial charge is 0.493 e. The number of hydrogen-bond donors (Lipinski definition) is 1. The molecule has 0 aliphatic heterocycles. The second kappa shape index (κ2) is 7.23. The van der Waals surface area contributed by atoms with E-state index in [4.69, 9.17) is 14.0 Å². The number of hydrogen-bond acceptors (Lipinski definition) is 7. The summed E-state index contributed by atoms with van der Waals surface area (Å²) in [5.41, 5.74) is 1.68. The highest BCUT2D eigenvalue weighted by Gasteiger charge is 2.33. The fourth-order valence-corrected chi connectivity index (χ4v) is 2.92. The van der Waals surface area contributed by atoms with Crippen molar-refractivity contribution < 1.29 is 27.0 Å². The van der Waals surface area contributed by atoms with Crippen molar-refractivity contribution in [1.29, 1.82) is 0 Å². The molecule has 0 saturated heterocycles. The van der Waals surface area contributed by atoms with Crippen molar-refractivity contribution >= 4 is 16.0 Å². The summed E-state index contributed by atoms with van der Waals surface area (Å²) in [6.45, 7) is 0. The molecule has 3 rings (SSSR count). The summed E-state index contributed by atoms with van der Waals surface area (Å²) in [4.78, 5) is 4.38. The molecule has 0 radical (unpaired) electrons. The molecule has 1 heterocycles. The van der Waals surface area contributed by atoms with Crippen molar-refractivity contribution in [2.75, 3.05) is 28.3 Å². The molecule has 1 N–H and O–H groups in total. The summed E-state index contributed by atoms with van der Waals surface area (Å²) in [6, 6.07) is 11.7. The Kier molecular flexibility index (Phi) is 5.11. The first-order valence-electron chi connectivity index (χ1n) is 8.16. The van der Waals surface area contributed by atoms with Crippen LogP contribution in [0.15, 0.2) is 47.0 Å². The number of quaternary nitrogens is 1. The van der Waals surface area contributed by atoms with E-state index in [0.717, 1.165) is 0 Å². The minimum absolute atomic E-state index is 0.300. The molecule has 10 heteroatoms. The monoisotopic (exact) mass is 406 g/mol. The molecular formula is C18H20N3O6S+. The molecule has 148 valence electrons. The maximum absolute atomic E-state index is 11.5. The molecule has 0 aliphatic carbocycles. The first kappa shape index (κ1) is 19.8. The number of methoxy groups -OCH3 is 2. The van der Waals surface area contributed by atoms with E-state index in [2.05, 4.69) is 10.1 Å². The van der Waals surface area contributed by atoms with E-state index in [-0.39, 0.29) is 0 Å². The van der Waals surface area contributed by atoms with Crippen molar-refractivity contribution in [2.24, 2.45) is 0 Å². The van der Waals surface area contributed by atoms with Gasteiger partial charge in [0.15, 0.2) is 11.5 Å². The minimum atomic E-state index is -4.31. The van der Waals surface area contributed by atoms with Crippen LogP contribution in [0.2, 0.25) is 0 Å². The van der Waals surface area contributed by atoms with Crippen LogP contribution in [0.25, 0.3) is 22.8 Å². The van der Waals surface area contributed by atoms with Crippen LogP contribution in [0.3, 0.4) is 0 Å². The van der Waals surface area contributed by atoms with Crippen LogP contribution in [-0.4, -0.2) is 51.4 Å². The third kappa shape index (κ3) is 3.57. The lowest BCUT2D eigenvalue weighted by atomic mass is 10.2. The molecule has 28 heavy (non-hydrogen) atoms. The molecule has 0 spiro atoms. The third-order valence-electron chi connectivity index (χ3n) is 4.38. The van der Waals surface area contributed by atoms with Crippen LogP contribution in [0.5, 0.6) is 11.5 Å². The molecule has 0 fully saturated rings. The number of nitrogens with zero attached hydrogens (tertiary/aromatic N) is 3. The molecule has 0 amide bonds. The lowest BCUT2D eigenvalue weighted by Gasteiger charge is -2.23. The Hall–Kier alpha value is -2.95. The topological polar surface area (TPSA) is 112 Å².